The molecule has 0 bridgehead atoms. The molecule has 0 aliphatic carbocycles. The molecule has 2 rings (SSSR count). The standard InChI is InChI=1S/C11H14N2O5.C10H11FN2O5/c1-8-2-4-9(5-3-8)10(6-13(16)17)12-18-7-11(14)15;11-8-3-1-7(2-4-8)9(13(16)17)5-12-18-6-10(14)15/h2-5,10,12H,6-7H2,1H3,(H,14,15);1-4,9,12H,5-6H2,(H,14,15). The van der Waals surface area contributed by atoms with Gasteiger partial charge in [0.2, 0.25) is 6.54 Å². The second-order valence-electron chi connectivity index (χ2n) is 7.16. The number of benzene rings is 2. The number of aliphatic carboxylic acids is 2. The minimum atomic E-state index is -1.19. The van der Waals surface area contributed by atoms with E-state index in [2.05, 4.69) is 20.6 Å². The van der Waals surface area contributed by atoms with E-state index in [0.717, 1.165) is 17.7 Å². The van der Waals surface area contributed by atoms with Gasteiger partial charge in [-0.1, -0.05) is 29.8 Å². The topological polar surface area (TPSA) is 203 Å². The summed E-state index contributed by atoms with van der Waals surface area (Å²) in [6.07, 6.45) is 0. The fourth-order valence-electron chi connectivity index (χ4n) is 2.61. The molecule has 0 aliphatic rings. The number of nitro groups is 2. The van der Waals surface area contributed by atoms with E-state index in [0.29, 0.717) is 11.1 Å². The van der Waals surface area contributed by atoms with Gasteiger partial charge in [0.25, 0.3) is 6.04 Å². The van der Waals surface area contributed by atoms with E-state index in [4.69, 9.17) is 10.2 Å². The molecule has 196 valence electrons. The highest BCUT2D eigenvalue weighted by atomic mass is 19.1. The Labute approximate surface area is 203 Å². The van der Waals surface area contributed by atoms with Crippen LogP contribution in [0, 0.1) is 33.0 Å². The molecule has 0 aliphatic heterocycles. The van der Waals surface area contributed by atoms with Gasteiger partial charge >= 0.3 is 11.9 Å². The molecule has 2 aromatic carbocycles. The summed E-state index contributed by atoms with van der Waals surface area (Å²) < 4.78 is 12.7. The first-order chi connectivity index (χ1) is 17.0. The minimum Gasteiger partial charge on any atom is -0.479 e. The van der Waals surface area contributed by atoms with Crippen LogP contribution in [0.15, 0.2) is 48.5 Å². The highest BCUT2D eigenvalue weighted by molar-refractivity contribution is 5.68. The predicted molar refractivity (Wildman–Crippen MR) is 120 cm³/mol. The van der Waals surface area contributed by atoms with E-state index in [1.807, 2.05) is 19.1 Å². The van der Waals surface area contributed by atoms with Crippen molar-refractivity contribution >= 4 is 11.9 Å². The van der Waals surface area contributed by atoms with Gasteiger partial charge in [-0.3, -0.25) is 29.9 Å². The summed E-state index contributed by atoms with van der Waals surface area (Å²) in [6, 6.07) is 10.1. The molecule has 2 aromatic rings. The molecular formula is C21H25FN4O10. The summed E-state index contributed by atoms with van der Waals surface area (Å²) in [5.41, 5.74) is 6.59. The van der Waals surface area contributed by atoms with Gasteiger partial charge in [0.05, 0.1) is 6.54 Å². The van der Waals surface area contributed by atoms with Gasteiger partial charge in [0.15, 0.2) is 13.2 Å². The van der Waals surface area contributed by atoms with Crippen LogP contribution >= 0.6 is 0 Å². The van der Waals surface area contributed by atoms with Crippen LogP contribution < -0.4 is 11.0 Å². The van der Waals surface area contributed by atoms with Crippen LogP contribution in [0.4, 0.5) is 4.39 Å². The van der Waals surface area contributed by atoms with Crippen molar-refractivity contribution in [2.24, 2.45) is 0 Å². The first-order valence-electron chi connectivity index (χ1n) is 10.2. The molecule has 4 N–H and O–H groups in total. The monoisotopic (exact) mass is 512 g/mol. The van der Waals surface area contributed by atoms with Crippen molar-refractivity contribution in [3.8, 4) is 0 Å². The lowest BCUT2D eigenvalue weighted by Gasteiger charge is -2.14. The lowest BCUT2D eigenvalue weighted by atomic mass is 10.1. The van der Waals surface area contributed by atoms with E-state index >= 15 is 0 Å². The Bertz CT molecular complexity index is 1000. The van der Waals surface area contributed by atoms with Gasteiger partial charge in [-0.25, -0.2) is 14.0 Å². The van der Waals surface area contributed by atoms with E-state index in [1.54, 1.807) is 12.1 Å². The number of nitrogens with one attached hydrogen (secondary N) is 2. The number of halogens is 1. The predicted octanol–water partition coefficient (Wildman–Crippen LogP) is 1.67. The highest BCUT2D eigenvalue weighted by Crippen LogP contribution is 2.16. The number of rotatable bonds is 14. The van der Waals surface area contributed by atoms with E-state index in [9.17, 15) is 34.2 Å². The fraction of sp³-hybridized carbons (Fsp3) is 0.333. The number of hydrogen-bond acceptors (Lipinski definition) is 10. The van der Waals surface area contributed by atoms with Crippen LogP contribution in [-0.2, 0) is 19.3 Å². The van der Waals surface area contributed by atoms with Crippen LogP contribution in [0.2, 0.25) is 0 Å². The number of hydrogen-bond donors (Lipinski definition) is 4. The summed E-state index contributed by atoms with van der Waals surface area (Å²) in [7, 11) is 0. The minimum absolute atomic E-state index is 0.216. The quantitative estimate of drug-likeness (QED) is 0.162. The van der Waals surface area contributed by atoms with Crippen LogP contribution in [0.25, 0.3) is 0 Å². The summed E-state index contributed by atoms with van der Waals surface area (Å²) in [4.78, 5) is 49.9. The van der Waals surface area contributed by atoms with Crippen LogP contribution in [-0.4, -0.2) is 58.3 Å². The number of carbonyl (C=O) groups is 2. The average molecular weight is 512 g/mol. The lowest BCUT2D eigenvalue weighted by molar-refractivity contribution is -0.528. The second-order valence-corrected chi connectivity index (χ2v) is 7.16. The Kier molecular flexibility index (Phi) is 13.1. The number of carboxylic acid groups (broad SMARTS) is 2. The first-order valence-corrected chi connectivity index (χ1v) is 10.2. The van der Waals surface area contributed by atoms with Crippen LogP contribution in [0.1, 0.15) is 28.8 Å². The Balaban J connectivity index is 0.000000360. The zero-order chi connectivity index (χ0) is 27.1. The van der Waals surface area contributed by atoms with Crippen molar-refractivity contribution in [2.45, 2.75) is 19.0 Å². The van der Waals surface area contributed by atoms with Crippen molar-refractivity contribution in [1.29, 1.82) is 0 Å². The zero-order valence-corrected chi connectivity index (χ0v) is 19.0. The van der Waals surface area contributed by atoms with Crippen molar-refractivity contribution in [3.05, 3.63) is 91.3 Å². The molecule has 36 heavy (non-hydrogen) atoms. The Hall–Kier alpha value is -4.05. The molecule has 0 radical (unpaired) electrons. The lowest BCUT2D eigenvalue weighted by Crippen LogP contribution is -2.29. The van der Waals surface area contributed by atoms with Gasteiger partial charge in [-0.15, -0.1) is 0 Å². The number of nitrogens with zero attached hydrogens (tertiary/aromatic N) is 2. The molecule has 0 aromatic heterocycles. The molecule has 15 heteroatoms. The highest BCUT2D eigenvalue weighted by Gasteiger charge is 2.22. The van der Waals surface area contributed by atoms with E-state index < -0.39 is 52.9 Å². The second kappa shape index (κ2) is 15.8. The number of carboxylic acids is 2. The van der Waals surface area contributed by atoms with Crippen molar-refractivity contribution < 1.29 is 43.7 Å². The molecule has 0 amide bonds. The maximum Gasteiger partial charge on any atom is 0.331 e. The van der Waals surface area contributed by atoms with Crippen LogP contribution in [0.3, 0.4) is 0 Å². The normalized spacial score (nSPS) is 12.1. The molecule has 0 heterocycles. The maximum atomic E-state index is 12.7. The van der Waals surface area contributed by atoms with Crippen molar-refractivity contribution in [2.75, 3.05) is 26.3 Å². The van der Waals surface area contributed by atoms with Gasteiger partial charge in [-0.05, 0) is 36.8 Å². The molecule has 14 nitrogen and oxygen atoms in total. The number of aryl methyl sites for hydroxylation is 1. The first kappa shape index (κ1) is 30.0. The molecule has 0 saturated heterocycles. The fourth-order valence-corrected chi connectivity index (χ4v) is 2.61. The van der Waals surface area contributed by atoms with E-state index in [1.165, 1.54) is 12.1 Å². The molecule has 0 saturated carbocycles. The third kappa shape index (κ3) is 12.4. The molecule has 2 unspecified atom stereocenters. The molecule has 2 atom stereocenters. The SMILES string of the molecule is Cc1ccc(C(C[N+](=O)[O-])NOCC(=O)O)cc1.O=C(O)CONCC(c1ccc(F)cc1)[N+](=O)[O-]. The molecular weight excluding hydrogens is 487 g/mol. The van der Waals surface area contributed by atoms with Gasteiger partial charge in [0.1, 0.15) is 11.9 Å². The van der Waals surface area contributed by atoms with Gasteiger partial charge in [0, 0.05) is 15.4 Å². The molecule has 0 spiro atoms. The smallest absolute Gasteiger partial charge is 0.331 e. The van der Waals surface area contributed by atoms with E-state index in [-0.39, 0.29) is 13.1 Å². The van der Waals surface area contributed by atoms with Crippen molar-refractivity contribution in [1.82, 2.24) is 11.0 Å². The summed E-state index contributed by atoms with van der Waals surface area (Å²) in [5, 5.41) is 38.1. The Morgan fingerprint density at radius 1 is 0.944 bits per heavy atom. The third-order valence-corrected chi connectivity index (χ3v) is 4.32. The summed E-state index contributed by atoms with van der Waals surface area (Å²) in [6.45, 7) is 0.142. The average Bonchev–Trinajstić information content (AvgIpc) is 2.79. The number of hydroxylamine groups is 2. The zero-order valence-electron chi connectivity index (χ0n) is 19.0. The van der Waals surface area contributed by atoms with Crippen molar-refractivity contribution in [3.63, 3.8) is 0 Å². The molecule has 0 fully saturated rings. The largest absolute Gasteiger partial charge is 0.479 e. The van der Waals surface area contributed by atoms with Gasteiger partial charge in [-0.2, -0.15) is 11.0 Å². The Morgan fingerprint density at radius 3 is 1.97 bits per heavy atom. The third-order valence-electron chi connectivity index (χ3n) is 4.32. The van der Waals surface area contributed by atoms with Gasteiger partial charge < -0.3 is 10.2 Å². The maximum absolute atomic E-state index is 12.7. The van der Waals surface area contributed by atoms with Crippen LogP contribution in [0.5, 0.6) is 0 Å². The summed E-state index contributed by atoms with van der Waals surface area (Å²) in [5.74, 6) is -2.83. The Morgan fingerprint density at radius 2 is 1.47 bits per heavy atom. The summed E-state index contributed by atoms with van der Waals surface area (Å²) >= 11 is 0.